The fourth-order valence-electron chi connectivity index (χ4n) is 2.80. The van der Waals surface area contributed by atoms with Crippen LogP contribution in [0.2, 0.25) is 0 Å². The van der Waals surface area contributed by atoms with Gasteiger partial charge >= 0.3 is 0 Å². The number of ether oxygens (including phenoxy) is 1. The van der Waals surface area contributed by atoms with Crippen LogP contribution < -0.4 is 10.1 Å². The highest BCUT2D eigenvalue weighted by Crippen LogP contribution is 2.22. The van der Waals surface area contributed by atoms with Gasteiger partial charge in [-0.2, -0.15) is 0 Å². The molecule has 1 amide bonds. The summed E-state index contributed by atoms with van der Waals surface area (Å²) in [6, 6.07) is 17.6. The quantitative estimate of drug-likeness (QED) is 0.593. The van der Waals surface area contributed by atoms with E-state index in [2.05, 4.69) is 15.5 Å². The molecule has 0 saturated carbocycles. The molecule has 3 aromatic rings. The Bertz CT molecular complexity index is 1110. The number of amides is 1. The Kier molecular flexibility index (Phi) is 6.79. The van der Waals surface area contributed by atoms with Gasteiger partial charge in [-0.25, -0.2) is 8.42 Å². The van der Waals surface area contributed by atoms with Gasteiger partial charge in [0.15, 0.2) is 14.9 Å². The van der Waals surface area contributed by atoms with E-state index in [0.29, 0.717) is 18.0 Å². The molecule has 8 heteroatoms. The Hall–Kier alpha value is -3.26. The number of nitrogens with one attached hydrogen (secondary N) is 1. The molecule has 2 aromatic carbocycles. The summed E-state index contributed by atoms with van der Waals surface area (Å²) in [4.78, 5) is 12.4. The van der Waals surface area contributed by atoms with Crippen molar-refractivity contribution in [3.8, 4) is 17.0 Å². The van der Waals surface area contributed by atoms with Gasteiger partial charge in [0.2, 0.25) is 5.91 Å². The molecule has 0 radical (unpaired) electrons. The second-order valence-electron chi connectivity index (χ2n) is 6.54. The number of aromatic nitrogens is 2. The van der Waals surface area contributed by atoms with Crippen LogP contribution in [0.25, 0.3) is 11.3 Å². The van der Waals surface area contributed by atoms with Crippen LogP contribution in [0, 0.1) is 0 Å². The molecule has 0 unspecified atom stereocenters. The zero-order chi connectivity index (χ0) is 21.6. The van der Waals surface area contributed by atoms with E-state index in [0.717, 1.165) is 16.9 Å². The zero-order valence-corrected chi connectivity index (χ0v) is 17.6. The summed E-state index contributed by atoms with van der Waals surface area (Å²) in [5.41, 5.74) is 2.75. The molecule has 1 N–H and O–H groups in total. The molecular weight excluding hydrogens is 402 g/mol. The van der Waals surface area contributed by atoms with Gasteiger partial charge in [-0.1, -0.05) is 31.2 Å². The minimum atomic E-state index is -3.40. The molecule has 156 valence electrons. The van der Waals surface area contributed by atoms with E-state index in [4.69, 9.17) is 4.74 Å². The van der Waals surface area contributed by atoms with E-state index in [-0.39, 0.29) is 23.1 Å². The fourth-order valence-corrected chi connectivity index (χ4v) is 3.54. The molecule has 0 aliphatic heterocycles. The summed E-state index contributed by atoms with van der Waals surface area (Å²) in [5.74, 6) is 0.594. The largest absolute Gasteiger partial charge is 0.494 e. The Labute approximate surface area is 176 Å². The van der Waals surface area contributed by atoms with E-state index in [9.17, 15) is 13.2 Å². The third kappa shape index (κ3) is 5.42. The summed E-state index contributed by atoms with van der Waals surface area (Å²) >= 11 is 0. The smallest absolute Gasteiger partial charge is 0.228 e. The highest BCUT2D eigenvalue weighted by molar-refractivity contribution is 7.91. The number of hydrogen-bond donors (Lipinski definition) is 1. The van der Waals surface area contributed by atoms with Crippen molar-refractivity contribution in [2.45, 2.75) is 25.3 Å². The van der Waals surface area contributed by atoms with Gasteiger partial charge in [-0.05, 0) is 48.9 Å². The summed E-state index contributed by atoms with van der Waals surface area (Å²) in [6.07, 6.45) is 0.236. The van der Waals surface area contributed by atoms with Crippen molar-refractivity contribution < 1.29 is 17.9 Å². The van der Waals surface area contributed by atoms with E-state index in [1.165, 1.54) is 6.07 Å². The molecule has 0 spiro atoms. The number of nitrogens with zero attached hydrogens (tertiary/aromatic N) is 2. The van der Waals surface area contributed by atoms with Crippen LogP contribution in [0.15, 0.2) is 65.7 Å². The average Bonchev–Trinajstić information content (AvgIpc) is 2.75. The molecule has 0 saturated heterocycles. The lowest BCUT2D eigenvalue weighted by Gasteiger charge is -2.08. The number of rotatable bonds is 8. The molecule has 30 heavy (non-hydrogen) atoms. The molecule has 7 nitrogen and oxygen atoms in total. The normalized spacial score (nSPS) is 11.1. The number of anilines is 1. The second-order valence-corrected chi connectivity index (χ2v) is 8.77. The number of hydrogen-bond acceptors (Lipinski definition) is 6. The maximum absolute atomic E-state index is 12.4. The number of benzene rings is 2. The van der Waals surface area contributed by atoms with Crippen LogP contribution in [-0.2, 0) is 21.1 Å². The standard InChI is InChI=1S/C22H23N3O4S/c1-3-29-19-10-8-16(9-11-19)14-21(26)23-18-7-5-6-17(15-18)20-12-13-22(25-24-20)30(27,28)4-2/h5-13,15H,3-4,14H2,1-2H3,(H,23,26). The van der Waals surface area contributed by atoms with Gasteiger partial charge in [0.25, 0.3) is 0 Å². The van der Waals surface area contributed by atoms with Gasteiger partial charge in [0.05, 0.1) is 24.5 Å². The topological polar surface area (TPSA) is 98.2 Å². The monoisotopic (exact) mass is 425 g/mol. The van der Waals surface area contributed by atoms with Gasteiger partial charge in [-0.15, -0.1) is 10.2 Å². The molecule has 0 bridgehead atoms. The van der Waals surface area contributed by atoms with Crippen LogP contribution in [0.4, 0.5) is 5.69 Å². The van der Waals surface area contributed by atoms with Crippen molar-refractivity contribution in [1.82, 2.24) is 10.2 Å². The van der Waals surface area contributed by atoms with Crippen molar-refractivity contribution in [2.75, 3.05) is 17.7 Å². The van der Waals surface area contributed by atoms with E-state index in [1.807, 2.05) is 37.3 Å². The summed E-state index contributed by atoms with van der Waals surface area (Å²) in [7, 11) is -3.40. The molecule has 0 fully saturated rings. The predicted molar refractivity (Wildman–Crippen MR) is 115 cm³/mol. The minimum absolute atomic E-state index is 0.0309. The van der Waals surface area contributed by atoms with Gasteiger partial charge in [-0.3, -0.25) is 4.79 Å². The molecule has 1 aromatic heterocycles. The molecule has 1 heterocycles. The third-order valence-electron chi connectivity index (χ3n) is 4.38. The fraction of sp³-hybridized carbons (Fsp3) is 0.227. The average molecular weight is 426 g/mol. The van der Waals surface area contributed by atoms with Crippen molar-refractivity contribution in [3.05, 3.63) is 66.2 Å². The first-order valence-corrected chi connectivity index (χ1v) is 11.2. The molecule has 0 aliphatic rings. The first-order valence-electron chi connectivity index (χ1n) is 9.60. The SMILES string of the molecule is CCOc1ccc(CC(=O)Nc2cccc(-c3ccc(S(=O)(=O)CC)nn3)c2)cc1. The lowest BCUT2D eigenvalue weighted by Crippen LogP contribution is -2.14. The maximum atomic E-state index is 12.4. The van der Waals surface area contributed by atoms with Gasteiger partial charge in [0.1, 0.15) is 5.75 Å². The van der Waals surface area contributed by atoms with Crippen LogP contribution in [0.1, 0.15) is 19.4 Å². The summed E-state index contributed by atoms with van der Waals surface area (Å²) in [5, 5.41) is 10.7. The van der Waals surface area contributed by atoms with Crippen molar-refractivity contribution in [3.63, 3.8) is 0 Å². The zero-order valence-electron chi connectivity index (χ0n) is 16.8. The molecule has 0 atom stereocenters. The Morgan fingerprint density at radius 2 is 1.77 bits per heavy atom. The first-order chi connectivity index (χ1) is 14.4. The highest BCUT2D eigenvalue weighted by Gasteiger charge is 2.14. The Balaban J connectivity index is 1.68. The molecule has 3 rings (SSSR count). The Morgan fingerprint density at radius 3 is 2.40 bits per heavy atom. The van der Waals surface area contributed by atoms with Crippen molar-refractivity contribution in [1.29, 1.82) is 0 Å². The van der Waals surface area contributed by atoms with Gasteiger partial charge < -0.3 is 10.1 Å². The third-order valence-corrected chi connectivity index (χ3v) is 5.99. The van der Waals surface area contributed by atoms with Crippen LogP contribution in [0.5, 0.6) is 5.75 Å². The van der Waals surface area contributed by atoms with Gasteiger partial charge in [0, 0.05) is 11.3 Å². The lowest BCUT2D eigenvalue weighted by atomic mass is 10.1. The first kappa shape index (κ1) is 21.4. The van der Waals surface area contributed by atoms with E-state index in [1.54, 1.807) is 31.2 Å². The molecule has 0 aliphatic carbocycles. The van der Waals surface area contributed by atoms with E-state index >= 15 is 0 Å². The second kappa shape index (κ2) is 9.49. The number of carbonyl (C=O) groups excluding carboxylic acids is 1. The van der Waals surface area contributed by atoms with Crippen LogP contribution in [-0.4, -0.2) is 36.9 Å². The van der Waals surface area contributed by atoms with Crippen LogP contribution >= 0.6 is 0 Å². The number of sulfone groups is 1. The van der Waals surface area contributed by atoms with E-state index < -0.39 is 9.84 Å². The number of carbonyl (C=O) groups is 1. The lowest BCUT2D eigenvalue weighted by molar-refractivity contribution is -0.115. The summed E-state index contributed by atoms with van der Waals surface area (Å²) < 4.78 is 29.1. The van der Waals surface area contributed by atoms with Crippen LogP contribution in [0.3, 0.4) is 0 Å². The summed E-state index contributed by atoms with van der Waals surface area (Å²) in [6.45, 7) is 4.07. The minimum Gasteiger partial charge on any atom is -0.494 e. The molecular formula is C22H23N3O4S. The highest BCUT2D eigenvalue weighted by atomic mass is 32.2. The van der Waals surface area contributed by atoms with Crippen molar-refractivity contribution in [2.24, 2.45) is 0 Å². The predicted octanol–water partition coefficient (Wildman–Crippen LogP) is 3.52. The maximum Gasteiger partial charge on any atom is 0.228 e. The van der Waals surface area contributed by atoms with Crippen molar-refractivity contribution >= 4 is 21.4 Å². The Morgan fingerprint density at radius 1 is 1.00 bits per heavy atom.